The standard InChI is InChI=1S/C22H20BrN3O3/c23-14-6-3-5-13(11-14)21-18-19(16-8-1-2-9-17(16)27)24-25-20(18)22(28)26(21)12-15-7-4-10-29-15/h1-11,18-21,24-25,27H,12H2. The van der Waals surface area contributed by atoms with Crippen LogP contribution in [0.25, 0.3) is 0 Å². The van der Waals surface area contributed by atoms with Crippen molar-refractivity contribution < 1.29 is 14.3 Å². The minimum atomic E-state index is -0.390. The SMILES string of the molecule is O=C1C2NNC(c3ccccc3O)C2C(c2cccc(Br)c2)N1Cc1ccco1. The Kier molecular flexibility index (Phi) is 4.66. The van der Waals surface area contributed by atoms with E-state index in [1.54, 1.807) is 18.4 Å². The number of nitrogens with zero attached hydrogens (tertiary/aromatic N) is 1. The molecule has 4 atom stereocenters. The second kappa shape index (κ2) is 7.33. The van der Waals surface area contributed by atoms with Crippen molar-refractivity contribution in [2.75, 3.05) is 0 Å². The van der Waals surface area contributed by atoms with E-state index >= 15 is 0 Å². The molecule has 29 heavy (non-hydrogen) atoms. The van der Waals surface area contributed by atoms with Gasteiger partial charge in [-0.3, -0.25) is 4.79 Å². The summed E-state index contributed by atoms with van der Waals surface area (Å²) in [7, 11) is 0. The lowest BCUT2D eigenvalue weighted by atomic mass is 9.83. The first kappa shape index (κ1) is 18.4. The van der Waals surface area contributed by atoms with Gasteiger partial charge >= 0.3 is 0 Å². The lowest BCUT2D eigenvalue weighted by molar-refractivity contribution is -0.131. The molecule has 148 valence electrons. The first-order chi connectivity index (χ1) is 14.1. The highest BCUT2D eigenvalue weighted by atomic mass is 79.9. The van der Waals surface area contributed by atoms with Gasteiger partial charge in [-0.15, -0.1) is 0 Å². The summed E-state index contributed by atoms with van der Waals surface area (Å²) in [6.07, 6.45) is 1.62. The number of benzene rings is 2. The molecule has 0 radical (unpaired) electrons. The Morgan fingerprint density at radius 1 is 1.03 bits per heavy atom. The van der Waals surface area contributed by atoms with Gasteiger partial charge in [0.05, 0.1) is 24.9 Å². The Labute approximate surface area is 176 Å². The first-order valence-electron chi connectivity index (χ1n) is 9.51. The molecule has 0 saturated carbocycles. The molecule has 1 amide bonds. The van der Waals surface area contributed by atoms with Gasteiger partial charge < -0.3 is 14.4 Å². The molecule has 2 fully saturated rings. The monoisotopic (exact) mass is 453 g/mol. The van der Waals surface area contributed by atoms with E-state index in [9.17, 15) is 9.90 Å². The van der Waals surface area contributed by atoms with Crippen LogP contribution in [0.3, 0.4) is 0 Å². The number of carbonyl (C=O) groups is 1. The zero-order valence-electron chi connectivity index (χ0n) is 15.5. The Bertz CT molecular complexity index is 1040. The van der Waals surface area contributed by atoms with Crippen LogP contribution in [0.2, 0.25) is 0 Å². The molecule has 0 bridgehead atoms. The van der Waals surface area contributed by atoms with Crippen LogP contribution in [-0.2, 0) is 11.3 Å². The number of nitrogens with one attached hydrogen (secondary N) is 2. The molecule has 1 aromatic heterocycles. The van der Waals surface area contributed by atoms with Crippen LogP contribution in [0.15, 0.2) is 75.8 Å². The zero-order valence-corrected chi connectivity index (χ0v) is 17.0. The van der Waals surface area contributed by atoms with Gasteiger partial charge in [-0.25, -0.2) is 10.9 Å². The summed E-state index contributed by atoms with van der Waals surface area (Å²) in [5, 5.41) is 10.4. The number of hydrogen-bond acceptors (Lipinski definition) is 5. The summed E-state index contributed by atoms with van der Waals surface area (Å²) >= 11 is 3.56. The fourth-order valence-electron chi connectivity index (χ4n) is 4.55. The van der Waals surface area contributed by atoms with E-state index in [1.807, 2.05) is 47.4 Å². The molecule has 0 spiro atoms. The van der Waals surface area contributed by atoms with E-state index in [2.05, 4.69) is 32.8 Å². The Morgan fingerprint density at radius 2 is 1.86 bits per heavy atom. The molecule has 5 rings (SSSR count). The minimum absolute atomic E-state index is 0.0156. The maximum absolute atomic E-state index is 13.4. The van der Waals surface area contributed by atoms with E-state index in [4.69, 9.17) is 4.42 Å². The predicted molar refractivity (Wildman–Crippen MR) is 111 cm³/mol. The Hall–Kier alpha value is -2.61. The average Bonchev–Trinajstić information content (AvgIpc) is 3.42. The number of hydrazine groups is 1. The Morgan fingerprint density at radius 3 is 2.62 bits per heavy atom. The van der Waals surface area contributed by atoms with E-state index in [0.29, 0.717) is 6.54 Å². The van der Waals surface area contributed by atoms with Crippen LogP contribution in [0.4, 0.5) is 0 Å². The predicted octanol–water partition coefficient (Wildman–Crippen LogP) is 3.67. The normalized spacial score (nSPS) is 26.1. The number of phenolic OH excluding ortho intramolecular Hbond substituents is 1. The zero-order chi connectivity index (χ0) is 20.0. The molecule has 3 heterocycles. The number of para-hydroxylation sites is 1. The van der Waals surface area contributed by atoms with Crippen molar-refractivity contribution in [1.29, 1.82) is 0 Å². The van der Waals surface area contributed by atoms with Gasteiger partial charge in [-0.1, -0.05) is 46.3 Å². The highest BCUT2D eigenvalue weighted by Crippen LogP contribution is 2.49. The number of hydrogen-bond donors (Lipinski definition) is 3. The molecule has 2 aromatic carbocycles. The third-order valence-electron chi connectivity index (χ3n) is 5.78. The third-order valence-corrected chi connectivity index (χ3v) is 6.28. The molecule has 2 saturated heterocycles. The molecular formula is C22H20BrN3O3. The summed E-state index contributed by atoms with van der Waals surface area (Å²) in [5.74, 6) is 0.879. The Balaban J connectivity index is 1.59. The quantitative estimate of drug-likeness (QED) is 0.561. The number of phenols is 1. The minimum Gasteiger partial charge on any atom is -0.508 e. The number of furan rings is 1. The number of likely N-dealkylation sites (tertiary alicyclic amines) is 1. The fourth-order valence-corrected chi connectivity index (χ4v) is 4.97. The molecule has 2 aliphatic heterocycles. The molecular weight excluding hydrogens is 434 g/mol. The molecule has 3 aromatic rings. The average molecular weight is 454 g/mol. The smallest absolute Gasteiger partial charge is 0.242 e. The van der Waals surface area contributed by atoms with Crippen LogP contribution in [-0.4, -0.2) is 22.0 Å². The summed E-state index contributed by atoms with van der Waals surface area (Å²) in [6.45, 7) is 0.394. The van der Waals surface area contributed by atoms with Crippen molar-refractivity contribution in [3.8, 4) is 5.75 Å². The van der Waals surface area contributed by atoms with E-state index in [0.717, 1.165) is 21.4 Å². The first-order valence-corrected chi connectivity index (χ1v) is 10.3. The van der Waals surface area contributed by atoms with Gasteiger partial charge in [0, 0.05) is 16.0 Å². The summed E-state index contributed by atoms with van der Waals surface area (Å²) in [5.41, 5.74) is 8.24. The number of amides is 1. The van der Waals surface area contributed by atoms with Gasteiger partial charge in [0.15, 0.2) is 0 Å². The van der Waals surface area contributed by atoms with Crippen molar-refractivity contribution >= 4 is 21.8 Å². The van der Waals surface area contributed by atoms with E-state index in [1.165, 1.54) is 0 Å². The molecule has 3 N–H and O–H groups in total. The van der Waals surface area contributed by atoms with Gasteiger partial charge in [0.1, 0.15) is 17.6 Å². The largest absolute Gasteiger partial charge is 0.508 e. The highest BCUT2D eigenvalue weighted by molar-refractivity contribution is 9.10. The number of rotatable bonds is 4. The summed E-state index contributed by atoms with van der Waals surface area (Å²) in [6, 6.07) is 18.2. The fraction of sp³-hybridized carbons (Fsp3) is 0.227. The molecule has 7 heteroatoms. The van der Waals surface area contributed by atoms with Crippen LogP contribution >= 0.6 is 15.9 Å². The summed E-state index contributed by atoms with van der Waals surface area (Å²) in [4.78, 5) is 15.2. The number of halogens is 1. The second-order valence-corrected chi connectivity index (χ2v) is 8.34. The lowest BCUT2D eigenvalue weighted by Gasteiger charge is -2.31. The lowest BCUT2D eigenvalue weighted by Crippen LogP contribution is -2.41. The summed E-state index contributed by atoms with van der Waals surface area (Å²) < 4.78 is 6.49. The molecule has 0 aliphatic carbocycles. The maximum atomic E-state index is 13.4. The van der Waals surface area contributed by atoms with Crippen LogP contribution < -0.4 is 10.9 Å². The maximum Gasteiger partial charge on any atom is 0.242 e. The number of aromatic hydroxyl groups is 1. The van der Waals surface area contributed by atoms with Gasteiger partial charge in [-0.05, 0) is 35.9 Å². The second-order valence-electron chi connectivity index (χ2n) is 7.43. The molecule has 2 aliphatic rings. The van der Waals surface area contributed by atoms with Crippen molar-refractivity contribution in [3.05, 3.63) is 88.3 Å². The number of carbonyl (C=O) groups excluding carboxylic acids is 1. The van der Waals surface area contributed by atoms with Crippen LogP contribution in [0, 0.1) is 5.92 Å². The number of fused-ring (bicyclic) bond motifs is 1. The van der Waals surface area contributed by atoms with Gasteiger partial charge in [0.25, 0.3) is 0 Å². The van der Waals surface area contributed by atoms with Crippen molar-refractivity contribution in [2.45, 2.75) is 24.7 Å². The molecule has 6 nitrogen and oxygen atoms in total. The van der Waals surface area contributed by atoms with Crippen molar-refractivity contribution in [1.82, 2.24) is 15.8 Å². The van der Waals surface area contributed by atoms with Crippen LogP contribution in [0.5, 0.6) is 5.75 Å². The van der Waals surface area contributed by atoms with Gasteiger partial charge in [0.2, 0.25) is 5.91 Å². The van der Waals surface area contributed by atoms with Crippen molar-refractivity contribution in [2.24, 2.45) is 5.92 Å². The molecule has 4 unspecified atom stereocenters. The third kappa shape index (κ3) is 3.15. The van der Waals surface area contributed by atoms with E-state index in [-0.39, 0.29) is 29.7 Å². The topological polar surface area (TPSA) is 77.7 Å². The van der Waals surface area contributed by atoms with Crippen molar-refractivity contribution in [3.63, 3.8) is 0 Å². The highest BCUT2D eigenvalue weighted by Gasteiger charge is 2.55. The van der Waals surface area contributed by atoms with Crippen LogP contribution in [0.1, 0.15) is 29.0 Å². The van der Waals surface area contributed by atoms with Gasteiger partial charge in [-0.2, -0.15) is 0 Å². The van der Waals surface area contributed by atoms with E-state index < -0.39 is 6.04 Å².